The first-order chi connectivity index (χ1) is 10.6. The van der Waals surface area contributed by atoms with Crippen LogP contribution in [0.3, 0.4) is 0 Å². The van der Waals surface area contributed by atoms with Crippen LogP contribution in [0.15, 0.2) is 48.5 Å². The third kappa shape index (κ3) is 4.15. The number of benzene rings is 2. The van der Waals surface area contributed by atoms with E-state index in [0.717, 1.165) is 17.5 Å². The van der Waals surface area contributed by atoms with Crippen LogP contribution in [0.5, 0.6) is 0 Å². The summed E-state index contributed by atoms with van der Waals surface area (Å²) in [6.07, 6.45) is 0.758. The minimum Gasteiger partial charge on any atom is -0.344 e. The molecule has 0 bridgehead atoms. The second-order valence-electron chi connectivity index (χ2n) is 4.77. The van der Waals surface area contributed by atoms with E-state index in [2.05, 4.69) is 10.6 Å². The number of hydrogen-bond donors (Lipinski definition) is 2. The van der Waals surface area contributed by atoms with Gasteiger partial charge in [0.15, 0.2) is 0 Å². The van der Waals surface area contributed by atoms with E-state index in [0.29, 0.717) is 5.69 Å². The van der Waals surface area contributed by atoms with E-state index in [9.17, 15) is 14.0 Å². The molecule has 0 aromatic heterocycles. The average Bonchev–Trinajstić information content (AvgIpc) is 2.54. The molecule has 2 rings (SSSR count). The molecule has 2 aromatic rings. The second kappa shape index (κ2) is 7.36. The summed E-state index contributed by atoms with van der Waals surface area (Å²) in [6.45, 7) is 2.14. The molecule has 22 heavy (non-hydrogen) atoms. The van der Waals surface area contributed by atoms with Gasteiger partial charge in [0.1, 0.15) is 5.82 Å². The Morgan fingerprint density at radius 2 is 1.68 bits per heavy atom. The Balaban J connectivity index is 1.92. The average molecular weight is 300 g/mol. The van der Waals surface area contributed by atoms with Crippen molar-refractivity contribution in [2.75, 3.05) is 5.32 Å². The molecule has 0 fully saturated rings. The predicted octanol–water partition coefficient (Wildman–Crippen LogP) is 2.64. The third-order valence-corrected chi connectivity index (χ3v) is 3.22. The van der Waals surface area contributed by atoms with Crippen molar-refractivity contribution in [1.29, 1.82) is 0 Å². The van der Waals surface area contributed by atoms with Crippen molar-refractivity contribution in [3.63, 3.8) is 0 Å². The molecule has 0 aliphatic rings. The lowest BCUT2D eigenvalue weighted by Crippen LogP contribution is -2.35. The van der Waals surface area contributed by atoms with Gasteiger partial charge in [0.25, 0.3) is 0 Å². The number of hydrogen-bond acceptors (Lipinski definition) is 2. The zero-order chi connectivity index (χ0) is 15.9. The fraction of sp³-hybridized carbons (Fsp3) is 0.176. The van der Waals surface area contributed by atoms with Gasteiger partial charge in [-0.3, -0.25) is 9.59 Å². The van der Waals surface area contributed by atoms with E-state index in [-0.39, 0.29) is 12.4 Å². The molecule has 0 aliphatic heterocycles. The Morgan fingerprint density at radius 3 is 2.36 bits per heavy atom. The molecule has 0 aliphatic carbocycles. The van der Waals surface area contributed by atoms with Crippen molar-refractivity contribution >= 4 is 17.5 Å². The number of nitrogens with one attached hydrogen (secondary N) is 2. The van der Waals surface area contributed by atoms with Gasteiger partial charge in [0.2, 0.25) is 0 Å². The quantitative estimate of drug-likeness (QED) is 0.853. The summed E-state index contributed by atoms with van der Waals surface area (Å²) in [6, 6.07) is 13.0. The van der Waals surface area contributed by atoms with Crippen LogP contribution in [-0.2, 0) is 22.6 Å². The van der Waals surface area contributed by atoms with Gasteiger partial charge >= 0.3 is 11.8 Å². The van der Waals surface area contributed by atoms with Crippen molar-refractivity contribution < 1.29 is 14.0 Å². The summed E-state index contributed by atoms with van der Waals surface area (Å²) in [4.78, 5) is 23.7. The Morgan fingerprint density at radius 1 is 1.00 bits per heavy atom. The normalized spacial score (nSPS) is 10.1. The lowest BCUT2D eigenvalue weighted by atomic mass is 10.1. The number of amides is 2. The number of para-hydroxylation sites is 1. The molecule has 0 atom stereocenters. The lowest BCUT2D eigenvalue weighted by molar-refractivity contribution is -0.136. The Bertz CT molecular complexity index is 669. The zero-order valence-electron chi connectivity index (χ0n) is 12.2. The summed E-state index contributed by atoms with van der Waals surface area (Å²) in [5.74, 6) is -1.79. The largest absolute Gasteiger partial charge is 0.344 e. The molecular weight excluding hydrogens is 283 g/mol. The molecule has 2 N–H and O–H groups in total. The fourth-order valence-electron chi connectivity index (χ4n) is 1.99. The maximum atomic E-state index is 12.8. The first-order valence-corrected chi connectivity index (χ1v) is 7.01. The van der Waals surface area contributed by atoms with Gasteiger partial charge in [-0.25, -0.2) is 4.39 Å². The topological polar surface area (TPSA) is 58.2 Å². The molecular formula is C17H17FN2O2. The number of carbonyl (C=O) groups is 2. The molecule has 0 radical (unpaired) electrons. The van der Waals surface area contributed by atoms with Crippen molar-refractivity contribution in [2.45, 2.75) is 19.9 Å². The molecule has 2 aromatic carbocycles. The number of anilines is 1. The third-order valence-electron chi connectivity index (χ3n) is 3.22. The van der Waals surface area contributed by atoms with Gasteiger partial charge in [0, 0.05) is 12.2 Å². The van der Waals surface area contributed by atoms with Crippen LogP contribution in [0.25, 0.3) is 0 Å². The van der Waals surface area contributed by atoms with E-state index in [1.54, 1.807) is 24.3 Å². The highest BCUT2D eigenvalue weighted by Gasteiger charge is 2.14. The Kier molecular flexibility index (Phi) is 5.25. The summed E-state index contributed by atoms with van der Waals surface area (Å²) < 4.78 is 12.8. The molecule has 0 saturated carbocycles. The van der Waals surface area contributed by atoms with Crippen molar-refractivity contribution in [2.24, 2.45) is 0 Å². The maximum absolute atomic E-state index is 12.8. The number of halogens is 1. The highest BCUT2D eigenvalue weighted by atomic mass is 19.1. The number of rotatable bonds is 4. The van der Waals surface area contributed by atoms with Gasteiger partial charge in [-0.15, -0.1) is 0 Å². The van der Waals surface area contributed by atoms with E-state index < -0.39 is 11.8 Å². The molecule has 0 spiro atoms. The van der Waals surface area contributed by atoms with Crippen LogP contribution in [0.2, 0.25) is 0 Å². The van der Waals surface area contributed by atoms with E-state index in [4.69, 9.17) is 0 Å². The monoisotopic (exact) mass is 300 g/mol. The van der Waals surface area contributed by atoms with E-state index >= 15 is 0 Å². The highest BCUT2D eigenvalue weighted by molar-refractivity contribution is 6.39. The summed E-state index contributed by atoms with van der Waals surface area (Å²) in [7, 11) is 0. The Hall–Kier alpha value is -2.69. The summed E-state index contributed by atoms with van der Waals surface area (Å²) in [5.41, 5.74) is 2.31. The standard InChI is InChI=1S/C17H17FN2O2/c1-2-13-5-3-4-6-15(13)20-17(22)16(21)19-11-12-7-9-14(18)10-8-12/h3-10H,2,11H2,1H3,(H,19,21)(H,20,22). The van der Waals surface area contributed by atoms with Crippen molar-refractivity contribution in [1.82, 2.24) is 5.32 Å². The minimum absolute atomic E-state index is 0.169. The SMILES string of the molecule is CCc1ccccc1NC(=O)C(=O)NCc1ccc(F)cc1. The van der Waals surface area contributed by atoms with Gasteiger partial charge in [-0.2, -0.15) is 0 Å². The molecule has 0 heterocycles. The van der Waals surface area contributed by atoms with Crippen molar-refractivity contribution in [3.05, 3.63) is 65.5 Å². The van der Waals surface area contributed by atoms with Crippen LogP contribution in [-0.4, -0.2) is 11.8 Å². The number of aryl methyl sites for hydroxylation is 1. The van der Waals surface area contributed by atoms with Gasteiger partial charge in [-0.1, -0.05) is 37.3 Å². The first-order valence-electron chi connectivity index (χ1n) is 7.01. The van der Waals surface area contributed by atoms with Crippen LogP contribution < -0.4 is 10.6 Å². The molecule has 2 amide bonds. The smallest absolute Gasteiger partial charge is 0.313 e. The van der Waals surface area contributed by atoms with E-state index in [1.165, 1.54) is 12.1 Å². The first kappa shape index (κ1) is 15.7. The van der Waals surface area contributed by atoms with Crippen LogP contribution in [0, 0.1) is 5.82 Å². The van der Waals surface area contributed by atoms with Gasteiger partial charge in [-0.05, 0) is 35.7 Å². The maximum Gasteiger partial charge on any atom is 0.313 e. The molecule has 0 saturated heterocycles. The van der Waals surface area contributed by atoms with Crippen LogP contribution in [0.4, 0.5) is 10.1 Å². The van der Waals surface area contributed by atoms with Gasteiger partial charge in [0.05, 0.1) is 0 Å². The molecule has 114 valence electrons. The van der Waals surface area contributed by atoms with Crippen LogP contribution in [0.1, 0.15) is 18.1 Å². The van der Waals surface area contributed by atoms with E-state index in [1.807, 2.05) is 19.1 Å². The lowest BCUT2D eigenvalue weighted by Gasteiger charge is -2.10. The molecule has 0 unspecified atom stereocenters. The molecule has 4 nitrogen and oxygen atoms in total. The predicted molar refractivity (Wildman–Crippen MR) is 82.7 cm³/mol. The Labute approximate surface area is 128 Å². The zero-order valence-corrected chi connectivity index (χ0v) is 12.2. The number of carbonyl (C=O) groups excluding carboxylic acids is 2. The fourth-order valence-corrected chi connectivity index (χ4v) is 1.99. The summed E-state index contributed by atoms with van der Waals surface area (Å²) in [5, 5.41) is 5.10. The van der Waals surface area contributed by atoms with Gasteiger partial charge < -0.3 is 10.6 Å². The summed E-state index contributed by atoms with van der Waals surface area (Å²) >= 11 is 0. The highest BCUT2D eigenvalue weighted by Crippen LogP contribution is 2.15. The molecule has 5 heteroatoms. The van der Waals surface area contributed by atoms with Crippen LogP contribution >= 0.6 is 0 Å². The van der Waals surface area contributed by atoms with Crippen molar-refractivity contribution in [3.8, 4) is 0 Å². The second-order valence-corrected chi connectivity index (χ2v) is 4.77. The minimum atomic E-state index is -0.727.